The Balaban J connectivity index is 0.00000364. The molecule has 0 aliphatic rings. The molecule has 0 bridgehead atoms. The number of aromatic nitrogens is 3. The van der Waals surface area contributed by atoms with E-state index in [4.69, 9.17) is 5.73 Å². The van der Waals surface area contributed by atoms with Gasteiger partial charge in [-0.1, -0.05) is 25.1 Å². The molecule has 2 rings (SSSR count). The van der Waals surface area contributed by atoms with E-state index in [0.717, 1.165) is 16.8 Å². The molecule has 1 aromatic heterocycles. The zero-order valence-electron chi connectivity index (χ0n) is 15.3. The smallest absolute Gasteiger partial charge is 0.340 e. The van der Waals surface area contributed by atoms with Gasteiger partial charge in [0.05, 0.1) is 17.4 Å². The number of carbonyl (C=O) groups is 1. The first-order valence-electron chi connectivity index (χ1n) is 8.20. The summed E-state index contributed by atoms with van der Waals surface area (Å²) in [4.78, 5) is 13.9. The summed E-state index contributed by atoms with van der Waals surface area (Å²) in [5.41, 5.74) is 5.41. The van der Waals surface area contributed by atoms with Crippen molar-refractivity contribution < 1.29 is 18.0 Å². The average Bonchev–Trinajstić information content (AvgIpc) is 3.08. The number of rotatable bonds is 6. The molecule has 27 heavy (non-hydrogen) atoms. The second-order valence-electron chi connectivity index (χ2n) is 6.52. The summed E-state index contributed by atoms with van der Waals surface area (Å²) < 4.78 is 39.6. The van der Waals surface area contributed by atoms with Crippen LogP contribution in [0.3, 0.4) is 0 Å². The fraction of sp³-hybridized carbons (Fsp3) is 0.471. The first kappa shape index (κ1) is 22.9. The molecule has 0 aliphatic heterocycles. The van der Waals surface area contributed by atoms with Gasteiger partial charge in [-0.2, -0.15) is 13.2 Å². The van der Waals surface area contributed by atoms with Crippen molar-refractivity contribution in [2.45, 2.75) is 32.5 Å². The molecule has 10 heteroatoms. The molecule has 2 N–H and O–H groups in total. The predicted octanol–water partition coefficient (Wildman–Crippen LogP) is 3.15. The summed E-state index contributed by atoms with van der Waals surface area (Å²) in [6.07, 6.45) is -2.50. The Morgan fingerprint density at radius 3 is 2.59 bits per heavy atom. The number of nitrogens with two attached hydrogens (primary N) is 1. The third kappa shape index (κ3) is 5.93. The minimum absolute atomic E-state index is 0. The fourth-order valence-corrected chi connectivity index (χ4v) is 2.29. The van der Waals surface area contributed by atoms with E-state index >= 15 is 0 Å². The van der Waals surface area contributed by atoms with E-state index in [1.165, 1.54) is 23.2 Å². The maximum absolute atomic E-state index is 12.8. The molecule has 1 heterocycles. The van der Waals surface area contributed by atoms with Crippen molar-refractivity contribution in [1.82, 2.24) is 19.9 Å². The Kier molecular flexibility index (Phi) is 7.79. The van der Waals surface area contributed by atoms with Gasteiger partial charge in [0.25, 0.3) is 5.91 Å². The van der Waals surface area contributed by atoms with Crippen molar-refractivity contribution in [3.8, 4) is 5.69 Å². The van der Waals surface area contributed by atoms with Crippen LogP contribution in [0.5, 0.6) is 0 Å². The molecule has 2 aromatic rings. The van der Waals surface area contributed by atoms with E-state index in [9.17, 15) is 18.0 Å². The van der Waals surface area contributed by atoms with Crippen molar-refractivity contribution in [3.05, 3.63) is 41.7 Å². The first-order valence-corrected chi connectivity index (χ1v) is 8.20. The molecule has 1 amide bonds. The van der Waals surface area contributed by atoms with Crippen LogP contribution in [0.1, 0.15) is 36.3 Å². The van der Waals surface area contributed by atoms with Crippen LogP contribution in [-0.2, 0) is 6.18 Å². The molecular formula is C17H23ClF3N5O. The third-order valence-corrected chi connectivity index (χ3v) is 4.15. The van der Waals surface area contributed by atoms with Crippen molar-refractivity contribution >= 4 is 18.3 Å². The SMILES string of the molecule is CC(C)C(N)CCN(C)C(=O)c1cn(-c2cccc(C(F)(F)F)c2)nn1.Cl. The molecule has 0 saturated carbocycles. The van der Waals surface area contributed by atoms with E-state index < -0.39 is 11.7 Å². The maximum atomic E-state index is 12.8. The highest BCUT2D eigenvalue weighted by Crippen LogP contribution is 2.30. The summed E-state index contributed by atoms with van der Waals surface area (Å²) in [7, 11) is 1.62. The van der Waals surface area contributed by atoms with E-state index in [1.54, 1.807) is 7.05 Å². The molecule has 1 unspecified atom stereocenters. The van der Waals surface area contributed by atoms with Gasteiger partial charge in [-0.25, -0.2) is 4.68 Å². The third-order valence-electron chi connectivity index (χ3n) is 4.15. The van der Waals surface area contributed by atoms with Crippen LogP contribution in [-0.4, -0.2) is 45.4 Å². The zero-order valence-corrected chi connectivity index (χ0v) is 16.1. The largest absolute Gasteiger partial charge is 0.416 e. The first-order chi connectivity index (χ1) is 12.1. The molecular weight excluding hydrogens is 383 g/mol. The second-order valence-corrected chi connectivity index (χ2v) is 6.52. The Labute approximate surface area is 161 Å². The lowest BCUT2D eigenvalue weighted by Crippen LogP contribution is -2.34. The predicted molar refractivity (Wildman–Crippen MR) is 98.0 cm³/mol. The number of nitrogens with zero attached hydrogens (tertiary/aromatic N) is 4. The minimum atomic E-state index is -4.45. The van der Waals surface area contributed by atoms with Crippen LogP contribution in [0.15, 0.2) is 30.5 Å². The van der Waals surface area contributed by atoms with Crippen LogP contribution >= 0.6 is 12.4 Å². The van der Waals surface area contributed by atoms with Gasteiger partial charge in [0.15, 0.2) is 5.69 Å². The molecule has 0 fully saturated rings. The van der Waals surface area contributed by atoms with Crippen LogP contribution < -0.4 is 5.73 Å². The summed E-state index contributed by atoms with van der Waals surface area (Å²) >= 11 is 0. The second kappa shape index (κ2) is 9.18. The van der Waals surface area contributed by atoms with Crippen molar-refractivity contribution in [2.75, 3.05) is 13.6 Å². The highest BCUT2D eigenvalue weighted by molar-refractivity contribution is 5.91. The molecule has 1 aromatic carbocycles. The van der Waals surface area contributed by atoms with Gasteiger partial charge >= 0.3 is 6.18 Å². The standard InChI is InChI=1S/C17H22F3N5O.ClH/c1-11(2)14(21)7-8-24(3)16(26)15-10-25(23-22-15)13-6-4-5-12(9-13)17(18,19)20;/h4-6,9-11,14H,7-8,21H2,1-3H3;1H. The Hall–Kier alpha value is -2.13. The average molecular weight is 406 g/mol. The van der Waals surface area contributed by atoms with E-state index in [1.807, 2.05) is 13.8 Å². The number of amides is 1. The summed E-state index contributed by atoms with van der Waals surface area (Å²) in [6, 6.07) is 4.64. The lowest BCUT2D eigenvalue weighted by atomic mass is 10.0. The lowest BCUT2D eigenvalue weighted by Gasteiger charge is -2.20. The number of carbonyl (C=O) groups excluding carboxylic acids is 1. The minimum Gasteiger partial charge on any atom is -0.340 e. The van der Waals surface area contributed by atoms with Gasteiger partial charge in [-0.05, 0) is 30.5 Å². The fourth-order valence-electron chi connectivity index (χ4n) is 2.29. The maximum Gasteiger partial charge on any atom is 0.416 e. The highest BCUT2D eigenvalue weighted by Gasteiger charge is 2.30. The van der Waals surface area contributed by atoms with E-state index in [-0.39, 0.29) is 35.7 Å². The van der Waals surface area contributed by atoms with E-state index in [0.29, 0.717) is 18.9 Å². The molecule has 0 saturated heterocycles. The van der Waals surface area contributed by atoms with Crippen LogP contribution in [0.25, 0.3) is 5.69 Å². The summed E-state index contributed by atoms with van der Waals surface area (Å²) in [5, 5.41) is 7.54. The van der Waals surface area contributed by atoms with Gasteiger partial charge in [-0.3, -0.25) is 4.79 Å². The molecule has 0 spiro atoms. The zero-order chi connectivity index (χ0) is 19.5. The van der Waals surface area contributed by atoms with Gasteiger partial charge in [0, 0.05) is 19.6 Å². The normalized spacial score (nSPS) is 12.6. The highest BCUT2D eigenvalue weighted by atomic mass is 35.5. The Morgan fingerprint density at radius 1 is 1.33 bits per heavy atom. The summed E-state index contributed by atoms with van der Waals surface area (Å²) in [5.74, 6) is -0.0560. The van der Waals surface area contributed by atoms with E-state index in [2.05, 4.69) is 10.3 Å². The Bertz CT molecular complexity index is 763. The molecule has 0 radical (unpaired) electrons. The van der Waals surface area contributed by atoms with Crippen molar-refractivity contribution in [1.29, 1.82) is 0 Å². The quantitative estimate of drug-likeness (QED) is 0.800. The van der Waals surface area contributed by atoms with Crippen molar-refractivity contribution in [3.63, 3.8) is 0 Å². The van der Waals surface area contributed by atoms with Crippen LogP contribution in [0, 0.1) is 5.92 Å². The molecule has 6 nitrogen and oxygen atoms in total. The molecule has 150 valence electrons. The van der Waals surface area contributed by atoms with Gasteiger partial charge in [-0.15, -0.1) is 17.5 Å². The van der Waals surface area contributed by atoms with Crippen LogP contribution in [0.2, 0.25) is 0 Å². The molecule has 1 atom stereocenters. The monoisotopic (exact) mass is 405 g/mol. The number of alkyl halides is 3. The van der Waals surface area contributed by atoms with Crippen LogP contribution in [0.4, 0.5) is 13.2 Å². The molecule has 0 aliphatic carbocycles. The number of hydrogen-bond donors (Lipinski definition) is 1. The number of hydrogen-bond acceptors (Lipinski definition) is 4. The number of benzene rings is 1. The number of halogens is 4. The lowest BCUT2D eigenvalue weighted by molar-refractivity contribution is -0.137. The van der Waals surface area contributed by atoms with Gasteiger partial charge in [0.1, 0.15) is 0 Å². The summed E-state index contributed by atoms with van der Waals surface area (Å²) in [6.45, 7) is 4.47. The topological polar surface area (TPSA) is 77.0 Å². The Morgan fingerprint density at radius 2 is 2.00 bits per heavy atom. The van der Waals surface area contributed by atoms with Crippen molar-refractivity contribution in [2.24, 2.45) is 11.7 Å². The van der Waals surface area contributed by atoms with Gasteiger partial charge in [0.2, 0.25) is 0 Å². The van der Waals surface area contributed by atoms with Gasteiger partial charge < -0.3 is 10.6 Å².